The molecule has 1 heterocycles. The van der Waals surface area contributed by atoms with Crippen molar-refractivity contribution >= 4 is 6.21 Å². The van der Waals surface area contributed by atoms with E-state index in [1.54, 1.807) is 6.21 Å². The van der Waals surface area contributed by atoms with Crippen LogP contribution >= 0.6 is 0 Å². The van der Waals surface area contributed by atoms with Gasteiger partial charge in [-0.15, -0.1) is 0 Å². The molecule has 1 aromatic rings. The third kappa shape index (κ3) is 1.77. The molecular weight excluding hydrogens is 138 g/mol. The van der Waals surface area contributed by atoms with Crippen LogP contribution in [0.25, 0.3) is 0 Å². The molecule has 0 unspecified atom stereocenters. The van der Waals surface area contributed by atoms with Gasteiger partial charge in [-0.25, -0.2) is 4.98 Å². The van der Waals surface area contributed by atoms with Gasteiger partial charge in [-0.05, 0) is 6.92 Å². The number of hydrogen-bond donors (Lipinski definition) is 0. The molecule has 3 heteroatoms. The number of aliphatic imine (C=N–C) groups is 1. The Morgan fingerprint density at radius 2 is 2.45 bits per heavy atom. The van der Waals surface area contributed by atoms with Crippen molar-refractivity contribution < 1.29 is 0 Å². The molecule has 0 N–H and O–H groups in total. The highest BCUT2D eigenvalue weighted by Gasteiger charge is 1.96. The smallest absolute Gasteiger partial charge is 0.151 e. The van der Waals surface area contributed by atoms with Crippen molar-refractivity contribution in [1.29, 1.82) is 0 Å². The van der Waals surface area contributed by atoms with Gasteiger partial charge in [0.05, 0.1) is 11.9 Å². The zero-order valence-electron chi connectivity index (χ0n) is 6.78. The molecule has 0 aliphatic carbocycles. The number of hydrogen-bond acceptors (Lipinski definition) is 2. The van der Waals surface area contributed by atoms with Gasteiger partial charge in [0.25, 0.3) is 0 Å². The third-order valence-corrected chi connectivity index (χ3v) is 1.33. The van der Waals surface area contributed by atoms with Gasteiger partial charge in [-0.3, -0.25) is 4.99 Å². The van der Waals surface area contributed by atoms with Crippen LogP contribution < -0.4 is 0 Å². The highest BCUT2D eigenvalue weighted by atomic mass is 15.0. The lowest BCUT2D eigenvalue weighted by Gasteiger charge is -1.89. The van der Waals surface area contributed by atoms with Crippen LogP contribution in [0.3, 0.4) is 0 Å². The SMILES string of the molecule is C=CN=Cc1nc(C)cn1C. The average molecular weight is 149 g/mol. The maximum absolute atomic E-state index is 4.21. The fraction of sp³-hybridized carbons (Fsp3) is 0.250. The molecule has 0 aliphatic rings. The molecule has 0 aromatic carbocycles. The fourth-order valence-corrected chi connectivity index (χ4v) is 0.874. The Kier molecular flexibility index (Phi) is 2.21. The van der Waals surface area contributed by atoms with Crippen molar-refractivity contribution in [3.63, 3.8) is 0 Å². The predicted molar refractivity (Wildman–Crippen MR) is 45.7 cm³/mol. The molecular formula is C8H11N3. The summed E-state index contributed by atoms with van der Waals surface area (Å²) in [5, 5.41) is 0. The molecule has 0 aliphatic heterocycles. The minimum absolute atomic E-state index is 0.849. The van der Waals surface area contributed by atoms with E-state index in [2.05, 4.69) is 16.6 Å². The maximum Gasteiger partial charge on any atom is 0.151 e. The second-order valence-electron chi connectivity index (χ2n) is 2.31. The summed E-state index contributed by atoms with van der Waals surface area (Å²) < 4.78 is 1.92. The lowest BCUT2D eigenvalue weighted by atomic mass is 10.6. The molecule has 0 fully saturated rings. The zero-order valence-corrected chi connectivity index (χ0v) is 6.78. The van der Waals surface area contributed by atoms with Crippen LogP contribution in [0.15, 0.2) is 24.0 Å². The Morgan fingerprint density at radius 3 is 2.91 bits per heavy atom. The Balaban J connectivity index is 2.93. The third-order valence-electron chi connectivity index (χ3n) is 1.33. The highest BCUT2D eigenvalue weighted by Crippen LogP contribution is 1.96. The molecule has 11 heavy (non-hydrogen) atoms. The van der Waals surface area contributed by atoms with Crippen molar-refractivity contribution in [2.24, 2.45) is 12.0 Å². The molecule has 0 saturated heterocycles. The molecule has 0 spiro atoms. The lowest BCUT2D eigenvalue weighted by molar-refractivity contribution is 0.901. The summed E-state index contributed by atoms with van der Waals surface area (Å²) in [6.07, 6.45) is 5.12. The molecule has 0 amide bonds. The van der Waals surface area contributed by atoms with Crippen molar-refractivity contribution in [3.05, 3.63) is 30.5 Å². The molecule has 0 atom stereocenters. The largest absolute Gasteiger partial charge is 0.333 e. The first-order chi connectivity index (χ1) is 5.24. The molecule has 1 aromatic heterocycles. The van der Waals surface area contributed by atoms with E-state index in [1.807, 2.05) is 24.7 Å². The number of aryl methyl sites for hydroxylation is 2. The Bertz CT molecular complexity index is 284. The monoisotopic (exact) mass is 149 g/mol. The summed E-state index contributed by atoms with van der Waals surface area (Å²) in [4.78, 5) is 8.09. The lowest BCUT2D eigenvalue weighted by Crippen LogP contribution is -1.93. The fourth-order valence-electron chi connectivity index (χ4n) is 0.874. The second kappa shape index (κ2) is 3.14. The summed E-state index contributed by atoms with van der Waals surface area (Å²) in [6.45, 7) is 5.43. The number of rotatable bonds is 2. The first kappa shape index (κ1) is 7.72. The van der Waals surface area contributed by atoms with Gasteiger partial charge in [-0.1, -0.05) is 6.58 Å². The van der Waals surface area contributed by atoms with Crippen molar-refractivity contribution in [2.75, 3.05) is 0 Å². The molecule has 1 rings (SSSR count). The van der Waals surface area contributed by atoms with E-state index in [1.165, 1.54) is 6.20 Å². The van der Waals surface area contributed by atoms with E-state index >= 15 is 0 Å². The van der Waals surface area contributed by atoms with Crippen LogP contribution in [0.2, 0.25) is 0 Å². The van der Waals surface area contributed by atoms with Gasteiger partial charge >= 0.3 is 0 Å². The van der Waals surface area contributed by atoms with Crippen LogP contribution in [-0.4, -0.2) is 15.8 Å². The van der Waals surface area contributed by atoms with Gasteiger partial charge in [-0.2, -0.15) is 0 Å². The Labute approximate surface area is 66.1 Å². The van der Waals surface area contributed by atoms with E-state index in [0.29, 0.717) is 0 Å². The first-order valence-electron chi connectivity index (χ1n) is 3.38. The predicted octanol–water partition coefficient (Wildman–Crippen LogP) is 1.29. The van der Waals surface area contributed by atoms with Gasteiger partial charge < -0.3 is 4.57 Å². The Morgan fingerprint density at radius 1 is 1.73 bits per heavy atom. The van der Waals surface area contributed by atoms with E-state index in [4.69, 9.17) is 0 Å². The van der Waals surface area contributed by atoms with Gasteiger partial charge in [0.1, 0.15) is 0 Å². The summed E-state index contributed by atoms with van der Waals surface area (Å²) in [6, 6.07) is 0. The summed E-state index contributed by atoms with van der Waals surface area (Å²) >= 11 is 0. The quantitative estimate of drug-likeness (QED) is 0.583. The number of aromatic nitrogens is 2. The summed E-state index contributed by atoms with van der Waals surface area (Å²) in [5.74, 6) is 0.849. The normalized spacial score (nSPS) is 10.7. The van der Waals surface area contributed by atoms with E-state index < -0.39 is 0 Å². The van der Waals surface area contributed by atoms with Crippen LogP contribution in [0.5, 0.6) is 0 Å². The zero-order chi connectivity index (χ0) is 8.27. The van der Waals surface area contributed by atoms with Crippen LogP contribution in [0, 0.1) is 6.92 Å². The van der Waals surface area contributed by atoms with Gasteiger partial charge in [0.15, 0.2) is 5.82 Å². The molecule has 0 bridgehead atoms. The topological polar surface area (TPSA) is 30.2 Å². The second-order valence-corrected chi connectivity index (χ2v) is 2.31. The van der Waals surface area contributed by atoms with Crippen LogP contribution in [-0.2, 0) is 7.05 Å². The maximum atomic E-state index is 4.21. The Hall–Kier alpha value is -1.38. The van der Waals surface area contributed by atoms with E-state index in [0.717, 1.165) is 11.5 Å². The number of nitrogens with zero attached hydrogens (tertiary/aromatic N) is 3. The molecule has 0 radical (unpaired) electrons. The molecule has 0 saturated carbocycles. The van der Waals surface area contributed by atoms with Crippen molar-refractivity contribution in [1.82, 2.24) is 9.55 Å². The van der Waals surface area contributed by atoms with E-state index in [-0.39, 0.29) is 0 Å². The average Bonchev–Trinajstić information content (AvgIpc) is 2.26. The molecule has 58 valence electrons. The summed E-state index contributed by atoms with van der Waals surface area (Å²) in [5.41, 5.74) is 0.998. The highest BCUT2D eigenvalue weighted by molar-refractivity contribution is 5.75. The van der Waals surface area contributed by atoms with Crippen LogP contribution in [0.4, 0.5) is 0 Å². The number of imidazole rings is 1. The van der Waals surface area contributed by atoms with Gasteiger partial charge in [0.2, 0.25) is 0 Å². The minimum Gasteiger partial charge on any atom is -0.333 e. The van der Waals surface area contributed by atoms with E-state index in [9.17, 15) is 0 Å². The van der Waals surface area contributed by atoms with Crippen molar-refractivity contribution in [2.45, 2.75) is 6.92 Å². The summed E-state index contributed by atoms with van der Waals surface area (Å²) in [7, 11) is 1.93. The minimum atomic E-state index is 0.849. The van der Waals surface area contributed by atoms with Gasteiger partial charge in [0, 0.05) is 19.4 Å². The van der Waals surface area contributed by atoms with Crippen molar-refractivity contribution in [3.8, 4) is 0 Å². The standard InChI is InChI=1S/C8H11N3/c1-4-9-5-8-10-7(2)6-11(8)3/h4-6H,1H2,2-3H3. The van der Waals surface area contributed by atoms with Crippen LogP contribution in [0.1, 0.15) is 11.5 Å². The molecule has 3 nitrogen and oxygen atoms in total. The first-order valence-corrected chi connectivity index (χ1v) is 3.38.